The van der Waals surface area contributed by atoms with Crippen LogP contribution in [-0.2, 0) is 9.53 Å². The molecule has 0 radical (unpaired) electrons. The molecule has 0 bridgehead atoms. The predicted octanol–water partition coefficient (Wildman–Crippen LogP) is 3.50. The maximum absolute atomic E-state index is 13.1. The molecule has 1 rings (SSSR count). The zero-order valence-electron chi connectivity index (χ0n) is 9.39. The largest absolute Gasteiger partial charge is 0.464 e. The van der Waals surface area contributed by atoms with Gasteiger partial charge in [0.15, 0.2) is 5.82 Å². The second-order valence-electron chi connectivity index (χ2n) is 3.37. The summed E-state index contributed by atoms with van der Waals surface area (Å²) >= 11 is 11.3. The molecule has 0 heterocycles. The summed E-state index contributed by atoms with van der Waals surface area (Å²) in [7, 11) is 0. The molecule has 94 valence electrons. The van der Waals surface area contributed by atoms with Crippen LogP contribution in [0.4, 0.5) is 10.1 Å². The third kappa shape index (κ3) is 3.75. The molecule has 1 N–H and O–H groups in total. The Morgan fingerprint density at radius 1 is 1.47 bits per heavy atom. The molecule has 0 saturated heterocycles. The van der Waals surface area contributed by atoms with Gasteiger partial charge in [-0.05, 0) is 26.0 Å². The molecule has 1 aromatic rings. The number of rotatable bonds is 4. The summed E-state index contributed by atoms with van der Waals surface area (Å²) in [6, 6.07) is 2.16. The van der Waals surface area contributed by atoms with Crippen molar-refractivity contribution in [1.82, 2.24) is 0 Å². The Morgan fingerprint density at radius 2 is 2.00 bits per heavy atom. The first-order chi connectivity index (χ1) is 7.95. The third-order valence-electron chi connectivity index (χ3n) is 2.01. The molecule has 0 fully saturated rings. The summed E-state index contributed by atoms with van der Waals surface area (Å²) in [5.74, 6) is -1.08. The Balaban J connectivity index is 2.78. The van der Waals surface area contributed by atoms with Gasteiger partial charge >= 0.3 is 5.97 Å². The summed E-state index contributed by atoms with van der Waals surface area (Å²) < 4.78 is 18.0. The number of benzene rings is 1. The molecule has 0 aliphatic heterocycles. The molecule has 0 amide bonds. The number of anilines is 1. The molecule has 0 aliphatic rings. The number of hydrogen-bond donors (Lipinski definition) is 1. The van der Waals surface area contributed by atoms with Crippen molar-refractivity contribution in [3.8, 4) is 0 Å². The molecular formula is C11H12Cl2FNO2. The Morgan fingerprint density at radius 3 is 2.47 bits per heavy atom. The predicted molar refractivity (Wildman–Crippen MR) is 66.1 cm³/mol. The second kappa shape index (κ2) is 6.07. The molecule has 6 heteroatoms. The molecule has 0 spiro atoms. The van der Waals surface area contributed by atoms with E-state index in [0.29, 0.717) is 12.3 Å². The van der Waals surface area contributed by atoms with Crippen LogP contribution in [0.2, 0.25) is 10.0 Å². The van der Waals surface area contributed by atoms with Crippen LogP contribution in [0.1, 0.15) is 13.8 Å². The van der Waals surface area contributed by atoms with Gasteiger partial charge in [0, 0.05) is 5.69 Å². The van der Waals surface area contributed by atoms with E-state index in [9.17, 15) is 9.18 Å². The topological polar surface area (TPSA) is 38.3 Å². The van der Waals surface area contributed by atoms with Crippen LogP contribution in [0.5, 0.6) is 0 Å². The second-order valence-corrected chi connectivity index (χ2v) is 4.19. The number of ether oxygens (including phenoxy) is 1. The Kier molecular flexibility index (Phi) is 5.02. The average molecular weight is 280 g/mol. The molecule has 1 atom stereocenters. The highest BCUT2D eigenvalue weighted by atomic mass is 35.5. The standard InChI is InChI=1S/C11H12Cl2FNO2/c1-3-17-11(16)6(2)15-7-4-8(12)10(14)9(13)5-7/h4-6,15H,3H2,1-2H3. The van der Waals surface area contributed by atoms with Crippen LogP contribution in [0.25, 0.3) is 0 Å². The summed E-state index contributed by atoms with van der Waals surface area (Å²) in [5.41, 5.74) is 0.460. The van der Waals surface area contributed by atoms with Crippen molar-refractivity contribution < 1.29 is 13.9 Å². The highest BCUT2D eigenvalue weighted by Gasteiger charge is 2.15. The van der Waals surface area contributed by atoms with Crippen molar-refractivity contribution in [3.63, 3.8) is 0 Å². The first-order valence-corrected chi connectivity index (χ1v) is 5.79. The molecule has 0 saturated carbocycles. The van der Waals surface area contributed by atoms with Crippen LogP contribution in [0.3, 0.4) is 0 Å². The van der Waals surface area contributed by atoms with Gasteiger partial charge in [0.25, 0.3) is 0 Å². The highest BCUT2D eigenvalue weighted by molar-refractivity contribution is 6.35. The molecule has 1 aromatic carbocycles. The number of esters is 1. The van der Waals surface area contributed by atoms with Gasteiger partial charge in [0.05, 0.1) is 16.7 Å². The van der Waals surface area contributed by atoms with Crippen molar-refractivity contribution in [1.29, 1.82) is 0 Å². The molecule has 17 heavy (non-hydrogen) atoms. The van der Waals surface area contributed by atoms with E-state index in [2.05, 4.69) is 5.32 Å². The van der Waals surface area contributed by atoms with Gasteiger partial charge < -0.3 is 10.1 Å². The van der Waals surface area contributed by atoms with Gasteiger partial charge in [-0.3, -0.25) is 0 Å². The average Bonchev–Trinajstić information content (AvgIpc) is 2.26. The number of nitrogens with one attached hydrogen (secondary N) is 1. The van der Waals surface area contributed by atoms with E-state index < -0.39 is 17.8 Å². The van der Waals surface area contributed by atoms with Gasteiger partial charge in [0.1, 0.15) is 6.04 Å². The lowest BCUT2D eigenvalue weighted by Gasteiger charge is -2.14. The minimum atomic E-state index is -0.678. The zero-order valence-corrected chi connectivity index (χ0v) is 10.9. The van der Waals surface area contributed by atoms with E-state index in [4.69, 9.17) is 27.9 Å². The molecule has 0 aromatic heterocycles. The zero-order chi connectivity index (χ0) is 13.0. The van der Waals surface area contributed by atoms with E-state index in [1.165, 1.54) is 12.1 Å². The third-order valence-corrected chi connectivity index (χ3v) is 2.56. The van der Waals surface area contributed by atoms with E-state index in [-0.39, 0.29) is 10.0 Å². The van der Waals surface area contributed by atoms with Crippen LogP contribution < -0.4 is 5.32 Å². The fourth-order valence-corrected chi connectivity index (χ4v) is 1.70. The number of hydrogen-bond acceptors (Lipinski definition) is 3. The van der Waals surface area contributed by atoms with Gasteiger partial charge in [-0.25, -0.2) is 9.18 Å². The summed E-state index contributed by atoms with van der Waals surface area (Å²) in [6.07, 6.45) is 0. The first kappa shape index (κ1) is 14.1. The minimum absolute atomic E-state index is 0.101. The maximum Gasteiger partial charge on any atom is 0.328 e. The van der Waals surface area contributed by atoms with Crippen molar-refractivity contribution in [2.75, 3.05) is 11.9 Å². The van der Waals surface area contributed by atoms with Crippen molar-refractivity contribution in [2.45, 2.75) is 19.9 Å². The number of carbonyl (C=O) groups excluding carboxylic acids is 1. The van der Waals surface area contributed by atoms with Gasteiger partial charge in [-0.1, -0.05) is 23.2 Å². The van der Waals surface area contributed by atoms with Crippen LogP contribution in [-0.4, -0.2) is 18.6 Å². The van der Waals surface area contributed by atoms with Crippen molar-refractivity contribution >= 4 is 34.9 Å². The fraction of sp³-hybridized carbons (Fsp3) is 0.364. The maximum atomic E-state index is 13.1. The Bertz CT molecular complexity index is 403. The van der Waals surface area contributed by atoms with Crippen LogP contribution in [0.15, 0.2) is 12.1 Å². The summed E-state index contributed by atoms with van der Waals surface area (Å²) in [6.45, 7) is 3.65. The quantitative estimate of drug-likeness (QED) is 0.677. The van der Waals surface area contributed by atoms with Crippen LogP contribution >= 0.6 is 23.2 Å². The van der Waals surface area contributed by atoms with Gasteiger partial charge in [-0.15, -0.1) is 0 Å². The fourth-order valence-electron chi connectivity index (χ4n) is 1.22. The Hall–Kier alpha value is -1.00. The molecular weight excluding hydrogens is 268 g/mol. The van der Waals surface area contributed by atoms with Gasteiger partial charge in [0.2, 0.25) is 0 Å². The highest BCUT2D eigenvalue weighted by Crippen LogP contribution is 2.27. The molecule has 0 aliphatic carbocycles. The first-order valence-electron chi connectivity index (χ1n) is 5.03. The van der Waals surface area contributed by atoms with Crippen molar-refractivity contribution in [3.05, 3.63) is 28.0 Å². The normalized spacial score (nSPS) is 12.1. The lowest BCUT2D eigenvalue weighted by atomic mass is 10.2. The van der Waals surface area contributed by atoms with E-state index in [1.54, 1.807) is 13.8 Å². The monoisotopic (exact) mass is 279 g/mol. The molecule has 1 unspecified atom stereocenters. The lowest BCUT2D eigenvalue weighted by Crippen LogP contribution is -2.28. The van der Waals surface area contributed by atoms with E-state index >= 15 is 0 Å². The summed E-state index contributed by atoms with van der Waals surface area (Å²) in [5, 5.41) is 2.62. The Labute approximate surface area is 109 Å². The minimum Gasteiger partial charge on any atom is -0.464 e. The lowest BCUT2D eigenvalue weighted by molar-refractivity contribution is -0.143. The number of halogens is 3. The van der Waals surface area contributed by atoms with Gasteiger partial charge in [-0.2, -0.15) is 0 Å². The summed E-state index contributed by atoms with van der Waals surface area (Å²) in [4.78, 5) is 11.4. The smallest absolute Gasteiger partial charge is 0.328 e. The SMILES string of the molecule is CCOC(=O)C(C)Nc1cc(Cl)c(F)c(Cl)c1. The van der Waals surface area contributed by atoms with E-state index in [0.717, 1.165) is 0 Å². The van der Waals surface area contributed by atoms with E-state index in [1.807, 2.05) is 0 Å². The number of carbonyl (C=O) groups is 1. The molecule has 3 nitrogen and oxygen atoms in total. The van der Waals surface area contributed by atoms with Crippen LogP contribution in [0, 0.1) is 5.82 Å². The van der Waals surface area contributed by atoms with Crippen molar-refractivity contribution in [2.24, 2.45) is 0 Å².